The summed E-state index contributed by atoms with van der Waals surface area (Å²) in [7, 11) is 0. The fourth-order valence-electron chi connectivity index (χ4n) is 2.65. The number of rotatable bonds is 5. The Hall–Kier alpha value is -2.89. The van der Waals surface area contributed by atoms with E-state index in [-0.39, 0.29) is 5.82 Å². The van der Waals surface area contributed by atoms with Crippen LogP contribution in [0, 0.1) is 5.82 Å². The summed E-state index contributed by atoms with van der Waals surface area (Å²) in [5, 5.41) is 0. The van der Waals surface area contributed by atoms with Crippen molar-refractivity contribution in [3.63, 3.8) is 0 Å². The van der Waals surface area contributed by atoms with Gasteiger partial charge in [0.05, 0.1) is 5.56 Å². The molecule has 0 atom stereocenters. The van der Waals surface area contributed by atoms with Gasteiger partial charge in [-0.25, -0.2) is 4.39 Å². The van der Waals surface area contributed by atoms with E-state index < -0.39 is 11.7 Å². The van der Waals surface area contributed by atoms with Crippen molar-refractivity contribution >= 4 is 11.4 Å². The Balaban J connectivity index is 1.79. The monoisotopic (exact) mass is 360 g/mol. The lowest BCUT2D eigenvalue weighted by Crippen LogP contribution is -2.20. The summed E-state index contributed by atoms with van der Waals surface area (Å²) < 4.78 is 51.2. The summed E-state index contributed by atoms with van der Waals surface area (Å²) in [4.78, 5) is 5.96. The van der Waals surface area contributed by atoms with Crippen LogP contribution in [0.3, 0.4) is 0 Å². The summed E-state index contributed by atoms with van der Waals surface area (Å²) in [6.07, 6.45) is -0.485. The molecule has 26 heavy (non-hydrogen) atoms. The second-order valence-electron chi connectivity index (χ2n) is 5.78. The normalized spacial score (nSPS) is 11.4. The second-order valence-corrected chi connectivity index (χ2v) is 5.78. The summed E-state index contributed by atoms with van der Waals surface area (Å²) in [6.45, 7) is 0.529. The molecule has 1 heterocycles. The molecule has 0 aliphatic carbocycles. The van der Waals surface area contributed by atoms with E-state index in [1.807, 2.05) is 17.0 Å². The zero-order chi connectivity index (χ0) is 18.6. The van der Waals surface area contributed by atoms with Crippen LogP contribution in [-0.4, -0.2) is 11.5 Å². The van der Waals surface area contributed by atoms with Crippen LogP contribution in [0.15, 0.2) is 73.1 Å². The molecule has 2 aromatic carbocycles. The zero-order valence-corrected chi connectivity index (χ0v) is 13.7. The van der Waals surface area contributed by atoms with E-state index >= 15 is 0 Å². The van der Waals surface area contributed by atoms with Gasteiger partial charge in [0.2, 0.25) is 0 Å². The van der Waals surface area contributed by atoms with Crippen LogP contribution < -0.4 is 4.90 Å². The maximum Gasteiger partial charge on any atom is 0.416 e. The lowest BCUT2D eigenvalue weighted by Gasteiger charge is -2.25. The number of aromatic nitrogens is 1. The lowest BCUT2D eigenvalue weighted by molar-refractivity contribution is -0.137. The molecule has 1 aromatic heterocycles. The van der Waals surface area contributed by atoms with E-state index in [0.717, 1.165) is 29.1 Å². The Labute approximate surface area is 148 Å². The fourth-order valence-corrected chi connectivity index (χ4v) is 2.65. The highest BCUT2D eigenvalue weighted by atomic mass is 19.4. The quantitative estimate of drug-likeness (QED) is 0.549. The average molecular weight is 360 g/mol. The molecule has 134 valence electrons. The summed E-state index contributed by atoms with van der Waals surface area (Å²) in [5.41, 5.74) is 1.80. The van der Waals surface area contributed by atoms with E-state index in [1.165, 1.54) is 24.3 Å². The maximum atomic E-state index is 13.2. The van der Waals surface area contributed by atoms with Gasteiger partial charge in [0.1, 0.15) is 5.82 Å². The number of halogens is 4. The van der Waals surface area contributed by atoms with Gasteiger partial charge in [-0.1, -0.05) is 12.1 Å². The predicted molar refractivity (Wildman–Crippen MR) is 92.8 cm³/mol. The molecule has 0 amide bonds. The maximum absolute atomic E-state index is 13.2. The van der Waals surface area contributed by atoms with Crippen molar-refractivity contribution in [2.75, 3.05) is 11.4 Å². The Bertz CT molecular complexity index is 828. The highest BCUT2D eigenvalue weighted by molar-refractivity contribution is 5.62. The van der Waals surface area contributed by atoms with Crippen LogP contribution in [0.5, 0.6) is 0 Å². The molecule has 0 radical (unpaired) electrons. The van der Waals surface area contributed by atoms with E-state index in [4.69, 9.17) is 0 Å². The first-order valence-corrected chi connectivity index (χ1v) is 8.03. The summed E-state index contributed by atoms with van der Waals surface area (Å²) in [6, 6.07) is 14.9. The van der Waals surface area contributed by atoms with Crippen molar-refractivity contribution in [2.24, 2.45) is 0 Å². The number of nitrogens with zero attached hydrogens (tertiary/aromatic N) is 2. The minimum Gasteiger partial charge on any atom is -0.341 e. The molecule has 0 saturated heterocycles. The Morgan fingerprint density at radius 1 is 0.769 bits per heavy atom. The third-order valence-corrected chi connectivity index (χ3v) is 4.02. The minimum atomic E-state index is -4.34. The van der Waals surface area contributed by atoms with E-state index in [2.05, 4.69) is 4.98 Å². The SMILES string of the molecule is Fc1ccc(N(CCc2ccc(C(F)(F)F)cc2)c2ccncc2)cc1. The van der Waals surface area contributed by atoms with E-state index in [0.29, 0.717) is 13.0 Å². The number of benzene rings is 2. The van der Waals surface area contributed by atoms with Crippen molar-refractivity contribution in [1.82, 2.24) is 4.98 Å². The third-order valence-electron chi connectivity index (χ3n) is 4.02. The molecule has 3 aromatic rings. The van der Waals surface area contributed by atoms with Gasteiger partial charge in [0.25, 0.3) is 0 Å². The van der Waals surface area contributed by atoms with Gasteiger partial charge < -0.3 is 4.90 Å². The van der Waals surface area contributed by atoms with Gasteiger partial charge >= 0.3 is 6.18 Å². The molecular weight excluding hydrogens is 344 g/mol. The van der Waals surface area contributed by atoms with Gasteiger partial charge in [-0.15, -0.1) is 0 Å². The highest BCUT2D eigenvalue weighted by Gasteiger charge is 2.29. The van der Waals surface area contributed by atoms with E-state index in [1.54, 1.807) is 24.5 Å². The van der Waals surface area contributed by atoms with Crippen molar-refractivity contribution in [1.29, 1.82) is 0 Å². The van der Waals surface area contributed by atoms with E-state index in [9.17, 15) is 17.6 Å². The van der Waals surface area contributed by atoms with Crippen molar-refractivity contribution < 1.29 is 17.6 Å². The molecule has 0 N–H and O–H groups in total. The molecular formula is C20H16F4N2. The highest BCUT2D eigenvalue weighted by Crippen LogP contribution is 2.29. The first-order valence-electron chi connectivity index (χ1n) is 8.03. The molecule has 0 saturated carbocycles. The first-order chi connectivity index (χ1) is 12.4. The van der Waals surface area contributed by atoms with Gasteiger partial charge in [0, 0.05) is 30.3 Å². The molecule has 3 rings (SSSR count). The van der Waals surface area contributed by atoms with Crippen molar-refractivity contribution in [2.45, 2.75) is 12.6 Å². The Morgan fingerprint density at radius 3 is 1.92 bits per heavy atom. The van der Waals surface area contributed by atoms with Crippen molar-refractivity contribution in [3.8, 4) is 0 Å². The largest absolute Gasteiger partial charge is 0.416 e. The predicted octanol–water partition coefficient (Wildman–Crippen LogP) is 5.62. The number of hydrogen-bond donors (Lipinski definition) is 0. The van der Waals surface area contributed by atoms with Gasteiger partial charge in [-0.05, 0) is 60.5 Å². The number of pyridine rings is 1. The van der Waals surface area contributed by atoms with Crippen LogP contribution in [0.1, 0.15) is 11.1 Å². The van der Waals surface area contributed by atoms with Crippen LogP contribution >= 0.6 is 0 Å². The standard InChI is InChI=1S/C20H16F4N2/c21-17-5-7-18(8-6-17)26(19-9-12-25-13-10-19)14-11-15-1-3-16(4-2-15)20(22,23)24/h1-10,12-13H,11,14H2. The zero-order valence-electron chi connectivity index (χ0n) is 13.7. The first kappa shape index (κ1) is 17.9. The fraction of sp³-hybridized carbons (Fsp3) is 0.150. The van der Waals surface area contributed by atoms with Crippen LogP contribution in [0.25, 0.3) is 0 Å². The molecule has 2 nitrogen and oxygen atoms in total. The van der Waals surface area contributed by atoms with Gasteiger partial charge in [-0.2, -0.15) is 13.2 Å². The topological polar surface area (TPSA) is 16.1 Å². The van der Waals surface area contributed by atoms with Crippen LogP contribution in [0.4, 0.5) is 28.9 Å². The molecule has 0 aliphatic heterocycles. The minimum absolute atomic E-state index is 0.328. The van der Waals surface area contributed by atoms with Gasteiger partial charge in [0.15, 0.2) is 0 Å². The van der Waals surface area contributed by atoms with Gasteiger partial charge in [-0.3, -0.25) is 4.98 Å². The number of alkyl halides is 3. The van der Waals surface area contributed by atoms with Crippen LogP contribution in [-0.2, 0) is 12.6 Å². The summed E-state index contributed by atoms with van der Waals surface area (Å²) >= 11 is 0. The Morgan fingerprint density at radius 2 is 1.35 bits per heavy atom. The Kier molecular flexibility index (Phi) is 5.21. The summed E-state index contributed by atoms with van der Waals surface area (Å²) in [5.74, 6) is -0.328. The molecule has 0 aliphatic rings. The smallest absolute Gasteiger partial charge is 0.341 e. The third kappa shape index (κ3) is 4.39. The number of hydrogen-bond acceptors (Lipinski definition) is 2. The van der Waals surface area contributed by atoms with Crippen LogP contribution in [0.2, 0.25) is 0 Å². The number of anilines is 2. The van der Waals surface area contributed by atoms with Crippen molar-refractivity contribution in [3.05, 3.63) is 90.0 Å². The molecule has 0 fully saturated rings. The molecule has 6 heteroatoms. The molecule has 0 unspecified atom stereocenters. The second kappa shape index (κ2) is 7.56. The average Bonchev–Trinajstić information content (AvgIpc) is 2.64. The molecule has 0 bridgehead atoms. The molecule has 0 spiro atoms. The lowest BCUT2D eigenvalue weighted by atomic mass is 10.1.